The minimum Gasteiger partial charge on any atom is -0.286 e. The maximum absolute atomic E-state index is 11.8. The first-order valence-electron chi connectivity index (χ1n) is 5.06. The van der Waals surface area contributed by atoms with Crippen LogP contribution in [0.3, 0.4) is 0 Å². The SMILES string of the molecule is O=C1c2ccccc2C(=O)N1NCCS(=O)(=O)O. The van der Waals surface area contributed by atoms with Gasteiger partial charge in [-0.1, -0.05) is 12.1 Å². The van der Waals surface area contributed by atoms with Gasteiger partial charge in [0.05, 0.1) is 16.9 Å². The highest BCUT2D eigenvalue weighted by atomic mass is 32.2. The number of carbonyl (C=O) groups is 2. The van der Waals surface area contributed by atoms with Gasteiger partial charge in [0.2, 0.25) is 0 Å². The first-order valence-corrected chi connectivity index (χ1v) is 6.67. The second-order valence-corrected chi connectivity index (χ2v) is 5.26. The summed E-state index contributed by atoms with van der Waals surface area (Å²) in [6.45, 7) is -0.232. The third kappa shape index (κ3) is 2.40. The second-order valence-electron chi connectivity index (χ2n) is 3.69. The number of hydrazine groups is 1. The van der Waals surface area contributed by atoms with Gasteiger partial charge in [-0.05, 0) is 12.1 Å². The summed E-state index contributed by atoms with van der Waals surface area (Å²) >= 11 is 0. The van der Waals surface area contributed by atoms with E-state index in [0.29, 0.717) is 0 Å². The maximum Gasteiger partial charge on any atom is 0.276 e. The Balaban J connectivity index is 2.10. The Morgan fingerprint density at radius 3 is 2.06 bits per heavy atom. The number of hydrogen-bond acceptors (Lipinski definition) is 5. The Morgan fingerprint density at radius 1 is 1.11 bits per heavy atom. The number of rotatable bonds is 4. The Morgan fingerprint density at radius 2 is 1.61 bits per heavy atom. The smallest absolute Gasteiger partial charge is 0.276 e. The average Bonchev–Trinajstić information content (AvgIpc) is 2.53. The number of fused-ring (bicyclic) bond motifs is 1. The van der Waals surface area contributed by atoms with Crippen LogP contribution < -0.4 is 5.43 Å². The van der Waals surface area contributed by atoms with Gasteiger partial charge in [0, 0.05) is 6.54 Å². The van der Waals surface area contributed by atoms with Crippen LogP contribution in [-0.2, 0) is 10.1 Å². The first-order chi connectivity index (χ1) is 8.40. The van der Waals surface area contributed by atoms with Crippen molar-refractivity contribution in [3.05, 3.63) is 35.4 Å². The van der Waals surface area contributed by atoms with Gasteiger partial charge in [-0.15, -0.1) is 0 Å². The molecule has 2 rings (SSSR count). The van der Waals surface area contributed by atoms with E-state index in [1.807, 2.05) is 0 Å². The van der Waals surface area contributed by atoms with Gasteiger partial charge in [-0.3, -0.25) is 14.1 Å². The molecule has 0 spiro atoms. The second kappa shape index (κ2) is 4.48. The third-order valence-corrected chi connectivity index (χ3v) is 3.14. The molecule has 1 aromatic carbocycles. The molecular weight excluding hydrogens is 260 g/mol. The quantitative estimate of drug-likeness (QED) is 0.574. The summed E-state index contributed by atoms with van der Waals surface area (Å²) in [6, 6.07) is 6.29. The lowest BCUT2D eigenvalue weighted by atomic mass is 10.1. The topological polar surface area (TPSA) is 104 Å². The van der Waals surface area contributed by atoms with Crippen LogP contribution in [0.5, 0.6) is 0 Å². The lowest BCUT2D eigenvalue weighted by Crippen LogP contribution is -2.44. The molecule has 7 nitrogen and oxygen atoms in total. The molecule has 2 amide bonds. The van der Waals surface area contributed by atoms with E-state index >= 15 is 0 Å². The largest absolute Gasteiger partial charge is 0.286 e. The summed E-state index contributed by atoms with van der Waals surface area (Å²) in [5.74, 6) is -1.66. The Bertz CT molecular complexity index is 575. The summed E-state index contributed by atoms with van der Waals surface area (Å²) < 4.78 is 29.6. The van der Waals surface area contributed by atoms with E-state index in [2.05, 4.69) is 5.43 Å². The highest BCUT2D eigenvalue weighted by molar-refractivity contribution is 7.85. The van der Waals surface area contributed by atoms with Gasteiger partial charge in [0.25, 0.3) is 21.9 Å². The molecule has 18 heavy (non-hydrogen) atoms. The standard InChI is InChI=1S/C10H10N2O5S/c13-9-7-3-1-2-4-8(7)10(14)12(9)11-5-6-18(15,16)17/h1-4,11H,5-6H2,(H,15,16,17). The third-order valence-electron chi connectivity index (χ3n) is 2.42. The lowest BCUT2D eigenvalue weighted by molar-refractivity contribution is 0.0571. The number of carbonyl (C=O) groups excluding carboxylic acids is 2. The van der Waals surface area contributed by atoms with Crippen molar-refractivity contribution in [2.75, 3.05) is 12.3 Å². The summed E-state index contributed by atoms with van der Waals surface area (Å²) in [7, 11) is -4.13. The highest BCUT2D eigenvalue weighted by Crippen LogP contribution is 2.20. The molecular formula is C10H10N2O5S. The summed E-state index contributed by atoms with van der Waals surface area (Å²) in [5, 5.41) is 0.746. The molecule has 0 saturated carbocycles. The monoisotopic (exact) mass is 270 g/mol. The molecule has 0 fully saturated rings. The Labute approximate surface area is 103 Å². The highest BCUT2D eigenvalue weighted by Gasteiger charge is 2.35. The molecule has 0 radical (unpaired) electrons. The van der Waals surface area contributed by atoms with Crippen molar-refractivity contribution in [2.24, 2.45) is 0 Å². The van der Waals surface area contributed by atoms with E-state index in [-0.39, 0.29) is 17.7 Å². The molecule has 1 aliphatic rings. The van der Waals surface area contributed by atoms with E-state index < -0.39 is 27.7 Å². The lowest BCUT2D eigenvalue weighted by Gasteiger charge is -2.14. The normalized spacial score (nSPS) is 15.1. The summed E-state index contributed by atoms with van der Waals surface area (Å²) in [5.41, 5.74) is 2.91. The predicted octanol–water partition coefficient (Wildman–Crippen LogP) is -0.325. The van der Waals surface area contributed by atoms with Crippen LogP contribution in [0, 0.1) is 0 Å². The zero-order valence-corrected chi connectivity index (χ0v) is 9.98. The molecule has 1 aliphatic heterocycles. The number of hydrogen-bond donors (Lipinski definition) is 2. The van der Waals surface area contributed by atoms with E-state index in [4.69, 9.17) is 4.55 Å². The van der Waals surface area contributed by atoms with Crippen LogP contribution in [0.15, 0.2) is 24.3 Å². The summed E-state index contributed by atoms with van der Waals surface area (Å²) in [6.07, 6.45) is 0. The number of amides is 2. The van der Waals surface area contributed by atoms with E-state index in [1.165, 1.54) is 12.1 Å². The van der Waals surface area contributed by atoms with Crippen LogP contribution in [0.25, 0.3) is 0 Å². The Hall–Kier alpha value is -1.77. The number of nitrogens with zero attached hydrogens (tertiary/aromatic N) is 1. The number of benzene rings is 1. The summed E-state index contributed by atoms with van der Waals surface area (Å²) in [4.78, 5) is 23.6. The molecule has 8 heteroatoms. The van der Waals surface area contributed by atoms with Crippen LogP contribution in [0.1, 0.15) is 20.7 Å². The predicted molar refractivity (Wildman–Crippen MR) is 61.4 cm³/mol. The number of imide groups is 1. The minimum absolute atomic E-state index is 0.232. The van der Waals surface area contributed by atoms with Crippen molar-refractivity contribution in [3.8, 4) is 0 Å². The van der Waals surface area contributed by atoms with Crippen molar-refractivity contribution in [3.63, 3.8) is 0 Å². The molecule has 0 unspecified atom stereocenters. The molecule has 1 aromatic rings. The maximum atomic E-state index is 11.8. The fraction of sp³-hybridized carbons (Fsp3) is 0.200. The molecule has 0 saturated heterocycles. The van der Waals surface area contributed by atoms with Gasteiger partial charge < -0.3 is 0 Å². The van der Waals surface area contributed by atoms with Crippen molar-refractivity contribution >= 4 is 21.9 Å². The zero-order chi connectivity index (χ0) is 13.3. The van der Waals surface area contributed by atoms with E-state index in [0.717, 1.165) is 5.01 Å². The first kappa shape index (κ1) is 12.7. The van der Waals surface area contributed by atoms with Gasteiger partial charge in [0.1, 0.15) is 0 Å². The van der Waals surface area contributed by atoms with Gasteiger partial charge >= 0.3 is 0 Å². The van der Waals surface area contributed by atoms with Crippen LogP contribution in [0.4, 0.5) is 0 Å². The molecule has 0 atom stereocenters. The van der Waals surface area contributed by atoms with Gasteiger partial charge in [0.15, 0.2) is 0 Å². The average molecular weight is 270 g/mol. The van der Waals surface area contributed by atoms with Crippen molar-refractivity contribution < 1.29 is 22.6 Å². The van der Waals surface area contributed by atoms with Crippen molar-refractivity contribution in [1.29, 1.82) is 0 Å². The minimum atomic E-state index is -4.13. The molecule has 0 aliphatic carbocycles. The molecule has 0 aromatic heterocycles. The molecule has 1 heterocycles. The van der Waals surface area contributed by atoms with Gasteiger partial charge in [-0.25, -0.2) is 10.4 Å². The fourth-order valence-electron chi connectivity index (χ4n) is 1.62. The van der Waals surface area contributed by atoms with Gasteiger partial charge in [-0.2, -0.15) is 8.42 Å². The van der Waals surface area contributed by atoms with Crippen LogP contribution in [-0.4, -0.2) is 42.1 Å². The molecule has 96 valence electrons. The van der Waals surface area contributed by atoms with Crippen molar-refractivity contribution in [2.45, 2.75) is 0 Å². The van der Waals surface area contributed by atoms with E-state index in [9.17, 15) is 18.0 Å². The molecule has 0 bridgehead atoms. The van der Waals surface area contributed by atoms with Crippen LogP contribution >= 0.6 is 0 Å². The number of nitrogens with one attached hydrogen (secondary N) is 1. The molecule has 2 N–H and O–H groups in total. The van der Waals surface area contributed by atoms with Crippen molar-refractivity contribution in [1.82, 2.24) is 10.4 Å². The zero-order valence-electron chi connectivity index (χ0n) is 9.16. The Kier molecular flexibility index (Phi) is 3.16. The fourth-order valence-corrected chi connectivity index (χ4v) is 1.97. The van der Waals surface area contributed by atoms with E-state index in [1.54, 1.807) is 12.1 Å². The van der Waals surface area contributed by atoms with Crippen LogP contribution in [0.2, 0.25) is 0 Å².